The first-order valence-electron chi connectivity index (χ1n) is 8.27. The zero-order valence-corrected chi connectivity index (χ0v) is 14.5. The zero-order chi connectivity index (χ0) is 20.9. The van der Waals surface area contributed by atoms with Crippen LogP contribution in [0, 0.1) is 0 Å². The molecule has 0 aromatic carbocycles. The minimum Gasteiger partial charge on any atom is -0.465 e. The molecule has 2 N–H and O–H groups in total. The van der Waals surface area contributed by atoms with E-state index in [4.69, 9.17) is 5.11 Å². The minimum atomic E-state index is -4.53. The number of amides is 2. The second kappa shape index (κ2) is 8.97. The summed E-state index contributed by atoms with van der Waals surface area (Å²) in [4.78, 5) is 33.0. The van der Waals surface area contributed by atoms with E-state index in [1.54, 1.807) is 10.2 Å². The van der Waals surface area contributed by atoms with Crippen LogP contribution in [0.5, 0.6) is 0 Å². The monoisotopic (exact) mass is 411 g/mol. The molecule has 0 aliphatic carbocycles. The molecule has 8 nitrogen and oxygen atoms in total. The Morgan fingerprint density at radius 3 is 2.18 bits per heavy atom. The minimum absolute atomic E-state index is 0.100. The fourth-order valence-electron chi connectivity index (χ4n) is 2.64. The van der Waals surface area contributed by atoms with Crippen LogP contribution < -0.4 is 10.2 Å². The molecule has 1 saturated heterocycles. The molecule has 1 aliphatic rings. The van der Waals surface area contributed by atoms with Gasteiger partial charge in [-0.2, -0.15) is 13.2 Å². The van der Waals surface area contributed by atoms with Crippen LogP contribution in [0.3, 0.4) is 0 Å². The Balaban J connectivity index is 1.84. The van der Waals surface area contributed by atoms with E-state index in [0.29, 0.717) is 12.4 Å². The first-order chi connectivity index (χ1) is 13.1. The van der Waals surface area contributed by atoms with Crippen LogP contribution in [-0.4, -0.2) is 70.6 Å². The smallest absolute Gasteiger partial charge is 0.419 e. The number of aromatic nitrogens is 2. The SMILES string of the molecule is O=C(O)N[C@H](CCC(=O)N1CCN(c2ncc(C(F)(F)F)cn2)CC1)C(F)F. The molecule has 28 heavy (non-hydrogen) atoms. The molecule has 1 aromatic rings. The van der Waals surface area contributed by atoms with E-state index in [0.717, 1.165) is 0 Å². The summed E-state index contributed by atoms with van der Waals surface area (Å²) < 4.78 is 63.1. The van der Waals surface area contributed by atoms with Crippen molar-refractivity contribution in [3.63, 3.8) is 0 Å². The van der Waals surface area contributed by atoms with E-state index in [9.17, 15) is 31.5 Å². The quantitative estimate of drug-likeness (QED) is 0.693. The molecule has 13 heteroatoms. The van der Waals surface area contributed by atoms with Crippen LogP contribution in [0.25, 0.3) is 0 Å². The Morgan fingerprint density at radius 2 is 1.71 bits per heavy atom. The number of hydrogen-bond donors (Lipinski definition) is 2. The fourth-order valence-corrected chi connectivity index (χ4v) is 2.64. The van der Waals surface area contributed by atoms with Crippen molar-refractivity contribution < 1.29 is 36.6 Å². The lowest BCUT2D eigenvalue weighted by molar-refractivity contribution is -0.138. The third-order valence-corrected chi connectivity index (χ3v) is 4.16. The van der Waals surface area contributed by atoms with Crippen molar-refractivity contribution in [1.29, 1.82) is 0 Å². The maximum Gasteiger partial charge on any atom is 0.419 e. The van der Waals surface area contributed by atoms with Crippen molar-refractivity contribution in [3.8, 4) is 0 Å². The normalized spacial score (nSPS) is 16.2. The molecule has 1 aromatic heterocycles. The lowest BCUT2D eigenvalue weighted by Crippen LogP contribution is -2.49. The second-order valence-electron chi connectivity index (χ2n) is 6.07. The van der Waals surface area contributed by atoms with Gasteiger partial charge < -0.3 is 20.2 Å². The van der Waals surface area contributed by atoms with Gasteiger partial charge in [0.25, 0.3) is 6.43 Å². The highest BCUT2D eigenvalue weighted by Gasteiger charge is 2.32. The number of hydrogen-bond acceptors (Lipinski definition) is 5. The number of alkyl halides is 5. The summed E-state index contributed by atoms with van der Waals surface area (Å²) >= 11 is 0. The van der Waals surface area contributed by atoms with Gasteiger partial charge in [-0.05, 0) is 6.42 Å². The Morgan fingerprint density at radius 1 is 1.14 bits per heavy atom. The van der Waals surface area contributed by atoms with Crippen molar-refractivity contribution in [1.82, 2.24) is 20.2 Å². The molecule has 2 amide bonds. The number of carboxylic acid groups (broad SMARTS) is 1. The van der Waals surface area contributed by atoms with E-state index in [1.165, 1.54) is 4.90 Å². The molecule has 1 aliphatic heterocycles. The van der Waals surface area contributed by atoms with E-state index < -0.39 is 36.2 Å². The summed E-state index contributed by atoms with van der Waals surface area (Å²) in [6.07, 6.45) is -8.30. The number of halogens is 5. The molecule has 0 bridgehead atoms. The third-order valence-electron chi connectivity index (χ3n) is 4.16. The fraction of sp³-hybridized carbons (Fsp3) is 0.600. The van der Waals surface area contributed by atoms with E-state index in [2.05, 4.69) is 9.97 Å². The standard InChI is InChI=1S/C15H18F5N5O3/c16-12(17)10(23-14(27)28)1-2-11(26)24-3-5-25(6-4-24)13-21-7-9(8-22-13)15(18,19)20/h7-8,10,12,23H,1-6H2,(H,27,28)/t10-/m1/s1. The van der Waals surface area contributed by atoms with E-state index in [-0.39, 0.29) is 45.0 Å². The largest absolute Gasteiger partial charge is 0.465 e. The number of nitrogens with zero attached hydrogens (tertiary/aromatic N) is 4. The number of carbonyl (C=O) groups is 2. The van der Waals surface area contributed by atoms with Gasteiger partial charge in [0.15, 0.2) is 0 Å². The Bertz CT molecular complexity index is 678. The molecule has 0 saturated carbocycles. The molecule has 0 unspecified atom stereocenters. The summed E-state index contributed by atoms with van der Waals surface area (Å²) in [5, 5.41) is 10.2. The molecule has 2 rings (SSSR count). The molecule has 0 spiro atoms. The molecule has 1 fully saturated rings. The van der Waals surface area contributed by atoms with Gasteiger partial charge in [-0.15, -0.1) is 0 Å². The summed E-state index contributed by atoms with van der Waals surface area (Å²) in [6, 6.07) is -1.64. The predicted octanol–water partition coefficient (Wildman–Crippen LogP) is 1.83. The Kier molecular flexibility index (Phi) is 6.91. The van der Waals surface area contributed by atoms with Crippen LogP contribution in [-0.2, 0) is 11.0 Å². The lowest BCUT2D eigenvalue weighted by Gasteiger charge is -2.35. The van der Waals surface area contributed by atoms with E-state index in [1.807, 2.05) is 0 Å². The molecule has 156 valence electrons. The van der Waals surface area contributed by atoms with Gasteiger partial charge in [-0.3, -0.25) is 4.79 Å². The van der Waals surface area contributed by atoms with Gasteiger partial charge in [-0.1, -0.05) is 0 Å². The van der Waals surface area contributed by atoms with Crippen molar-refractivity contribution in [3.05, 3.63) is 18.0 Å². The van der Waals surface area contributed by atoms with Crippen molar-refractivity contribution in [2.75, 3.05) is 31.1 Å². The van der Waals surface area contributed by atoms with Gasteiger partial charge in [0.1, 0.15) is 0 Å². The van der Waals surface area contributed by atoms with Crippen molar-refractivity contribution in [2.24, 2.45) is 0 Å². The molecular formula is C15H18F5N5O3. The molecule has 1 atom stereocenters. The highest BCUT2D eigenvalue weighted by atomic mass is 19.4. The Hall–Kier alpha value is -2.73. The Labute approximate surface area is 156 Å². The summed E-state index contributed by atoms with van der Waals surface area (Å²) in [7, 11) is 0. The summed E-state index contributed by atoms with van der Waals surface area (Å²) in [6.45, 7) is 0.968. The average Bonchev–Trinajstić information content (AvgIpc) is 2.64. The lowest BCUT2D eigenvalue weighted by atomic mass is 10.1. The molecule has 2 heterocycles. The van der Waals surface area contributed by atoms with Crippen molar-refractivity contribution in [2.45, 2.75) is 31.5 Å². The number of anilines is 1. The van der Waals surface area contributed by atoms with Gasteiger partial charge in [0.2, 0.25) is 11.9 Å². The number of piperazine rings is 1. The third kappa shape index (κ3) is 5.89. The molecule has 0 radical (unpaired) electrons. The maximum absolute atomic E-state index is 12.8. The average molecular weight is 411 g/mol. The first kappa shape index (κ1) is 21.6. The number of rotatable bonds is 6. The highest BCUT2D eigenvalue weighted by molar-refractivity contribution is 5.76. The number of nitrogens with one attached hydrogen (secondary N) is 1. The summed E-state index contributed by atoms with van der Waals surface area (Å²) in [5.41, 5.74) is -0.964. The predicted molar refractivity (Wildman–Crippen MR) is 86.0 cm³/mol. The van der Waals surface area contributed by atoms with Crippen LogP contribution in [0.15, 0.2) is 12.4 Å². The first-order valence-corrected chi connectivity index (χ1v) is 8.27. The zero-order valence-electron chi connectivity index (χ0n) is 14.5. The van der Waals surface area contributed by atoms with Gasteiger partial charge in [0.05, 0.1) is 11.6 Å². The van der Waals surface area contributed by atoms with E-state index >= 15 is 0 Å². The van der Waals surface area contributed by atoms with Crippen molar-refractivity contribution >= 4 is 17.9 Å². The molecular weight excluding hydrogens is 393 g/mol. The van der Waals surface area contributed by atoms with Crippen LogP contribution in [0.1, 0.15) is 18.4 Å². The van der Waals surface area contributed by atoms with Crippen LogP contribution >= 0.6 is 0 Å². The van der Waals surface area contributed by atoms with Gasteiger partial charge in [-0.25, -0.2) is 23.5 Å². The number of carbonyl (C=O) groups excluding carboxylic acids is 1. The second-order valence-corrected chi connectivity index (χ2v) is 6.07. The van der Waals surface area contributed by atoms with Crippen LogP contribution in [0.4, 0.5) is 32.7 Å². The maximum atomic E-state index is 12.8. The van der Waals surface area contributed by atoms with Gasteiger partial charge in [0, 0.05) is 45.0 Å². The topological polar surface area (TPSA) is 98.7 Å². The van der Waals surface area contributed by atoms with Crippen LogP contribution in [0.2, 0.25) is 0 Å². The summed E-state index contributed by atoms with van der Waals surface area (Å²) in [5.74, 6) is -0.311. The van der Waals surface area contributed by atoms with Gasteiger partial charge >= 0.3 is 12.3 Å². The highest BCUT2D eigenvalue weighted by Crippen LogP contribution is 2.28.